The number of likely N-dealkylation sites (tertiary alicyclic amines) is 1. The highest BCUT2D eigenvalue weighted by Crippen LogP contribution is 2.22. The summed E-state index contributed by atoms with van der Waals surface area (Å²) in [5.74, 6) is 0.188. The van der Waals surface area contributed by atoms with Crippen LogP contribution in [0.25, 0.3) is 0 Å². The quantitative estimate of drug-likeness (QED) is 0.884. The molecule has 3 heteroatoms. The number of hydrogen-bond acceptors (Lipinski definition) is 2. The summed E-state index contributed by atoms with van der Waals surface area (Å²) in [7, 11) is 0. The second-order valence-electron chi connectivity index (χ2n) is 5.56. The third-order valence-corrected chi connectivity index (χ3v) is 4.00. The standard InChI is InChI=1S/C15H22N2O/c1-4-15(16)9-17(10-15)14(18)8-13-6-5-11(2)12(3)7-13/h5-7H,4,8-10,16H2,1-3H3. The molecule has 1 amide bonds. The van der Waals surface area contributed by atoms with Gasteiger partial charge in [-0.2, -0.15) is 0 Å². The van der Waals surface area contributed by atoms with Crippen molar-refractivity contribution in [3.63, 3.8) is 0 Å². The monoisotopic (exact) mass is 246 g/mol. The summed E-state index contributed by atoms with van der Waals surface area (Å²) >= 11 is 0. The number of carbonyl (C=O) groups excluding carboxylic acids is 1. The molecule has 1 saturated heterocycles. The summed E-state index contributed by atoms with van der Waals surface area (Å²) in [5.41, 5.74) is 9.53. The van der Waals surface area contributed by atoms with Crippen molar-refractivity contribution >= 4 is 5.91 Å². The summed E-state index contributed by atoms with van der Waals surface area (Å²) in [4.78, 5) is 13.9. The molecule has 1 fully saturated rings. The lowest BCUT2D eigenvalue weighted by atomic mass is 9.88. The highest BCUT2D eigenvalue weighted by atomic mass is 16.2. The van der Waals surface area contributed by atoms with E-state index in [0.29, 0.717) is 19.5 Å². The molecule has 0 aromatic heterocycles. The van der Waals surface area contributed by atoms with E-state index in [2.05, 4.69) is 32.9 Å². The van der Waals surface area contributed by atoms with E-state index in [1.54, 1.807) is 0 Å². The first-order valence-corrected chi connectivity index (χ1v) is 6.56. The van der Waals surface area contributed by atoms with E-state index in [1.165, 1.54) is 11.1 Å². The molecule has 1 aromatic carbocycles. The zero-order valence-electron chi connectivity index (χ0n) is 11.5. The summed E-state index contributed by atoms with van der Waals surface area (Å²) in [6, 6.07) is 6.21. The van der Waals surface area contributed by atoms with E-state index >= 15 is 0 Å². The van der Waals surface area contributed by atoms with Crippen LogP contribution in [0.5, 0.6) is 0 Å². The van der Waals surface area contributed by atoms with Gasteiger partial charge in [-0.15, -0.1) is 0 Å². The molecule has 2 N–H and O–H groups in total. The van der Waals surface area contributed by atoms with Crippen molar-refractivity contribution in [3.05, 3.63) is 34.9 Å². The van der Waals surface area contributed by atoms with Gasteiger partial charge in [-0.05, 0) is 37.0 Å². The Labute approximate surface area is 109 Å². The van der Waals surface area contributed by atoms with Crippen LogP contribution in [0.15, 0.2) is 18.2 Å². The van der Waals surface area contributed by atoms with Crippen LogP contribution in [0.2, 0.25) is 0 Å². The minimum atomic E-state index is -0.140. The number of amides is 1. The van der Waals surface area contributed by atoms with Gasteiger partial charge < -0.3 is 10.6 Å². The second-order valence-corrected chi connectivity index (χ2v) is 5.56. The lowest BCUT2D eigenvalue weighted by Crippen LogP contribution is -2.68. The molecule has 2 rings (SSSR count). The number of nitrogens with two attached hydrogens (primary N) is 1. The Hall–Kier alpha value is -1.35. The molecular formula is C15H22N2O. The van der Waals surface area contributed by atoms with Crippen molar-refractivity contribution in [2.75, 3.05) is 13.1 Å². The Balaban J connectivity index is 1.94. The normalized spacial score (nSPS) is 17.4. The van der Waals surface area contributed by atoms with E-state index in [4.69, 9.17) is 5.73 Å². The number of rotatable bonds is 3. The summed E-state index contributed by atoms with van der Waals surface area (Å²) in [6.07, 6.45) is 1.42. The van der Waals surface area contributed by atoms with Crippen LogP contribution < -0.4 is 5.73 Å². The molecule has 98 valence electrons. The molecule has 0 aliphatic carbocycles. The molecule has 1 heterocycles. The minimum Gasteiger partial charge on any atom is -0.339 e. The van der Waals surface area contributed by atoms with Crippen LogP contribution in [0, 0.1) is 13.8 Å². The number of carbonyl (C=O) groups is 1. The molecule has 1 aliphatic rings. The van der Waals surface area contributed by atoms with Crippen molar-refractivity contribution in [1.29, 1.82) is 0 Å². The van der Waals surface area contributed by atoms with E-state index in [-0.39, 0.29) is 11.4 Å². The fourth-order valence-electron chi connectivity index (χ4n) is 2.31. The fraction of sp³-hybridized carbons (Fsp3) is 0.533. The van der Waals surface area contributed by atoms with Crippen LogP contribution in [0.3, 0.4) is 0 Å². The highest BCUT2D eigenvalue weighted by Gasteiger charge is 2.39. The average molecular weight is 246 g/mol. The zero-order chi connectivity index (χ0) is 13.3. The average Bonchev–Trinajstić information content (AvgIpc) is 2.29. The van der Waals surface area contributed by atoms with Gasteiger partial charge in [0.25, 0.3) is 0 Å². The summed E-state index contributed by atoms with van der Waals surface area (Å²) in [5, 5.41) is 0. The van der Waals surface area contributed by atoms with Crippen molar-refractivity contribution < 1.29 is 4.79 Å². The van der Waals surface area contributed by atoms with E-state index in [9.17, 15) is 4.79 Å². The molecule has 0 radical (unpaired) electrons. The maximum atomic E-state index is 12.1. The first-order valence-electron chi connectivity index (χ1n) is 6.56. The SMILES string of the molecule is CCC1(N)CN(C(=O)Cc2ccc(C)c(C)c2)C1. The number of nitrogens with zero attached hydrogens (tertiary/aromatic N) is 1. The first-order chi connectivity index (χ1) is 8.43. The van der Waals surface area contributed by atoms with E-state index in [1.807, 2.05) is 11.0 Å². The van der Waals surface area contributed by atoms with E-state index in [0.717, 1.165) is 12.0 Å². The van der Waals surface area contributed by atoms with E-state index < -0.39 is 0 Å². The lowest BCUT2D eigenvalue weighted by molar-refractivity contribution is -0.137. The van der Waals surface area contributed by atoms with Gasteiger partial charge in [0.15, 0.2) is 0 Å². The highest BCUT2D eigenvalue weighted by molar-refractivity contribution is 5.80. The fourth-order valence-corrected chi connectivity index (χ4v) is 2.31. The number of benzene rings is 1. The Morgan fingerprint density at radius 2 is 2.00 bits per heavy atom. The molecule has 0 unspecified atom stereocenters. The van der Waals surface area contributed by atoms with Gasteiger partial charge in [-0.1, -0.05) is 25.1 Å². The predicted molar refractivity (Wildman–Crippen MR) is 73.4 cm³/mol. The Morgan fingerprint density at radius 1 is 1.33 bits per heavy atom. The Kier molecular flexibility index (Phi) is 3.44. The van der Waals surface area contributed by atoms with Gasteiger partial charge in [0.1, 0.15) is 0 Å². The Morgan fingerprint density at radius 3 is 2.56 bits per heavy atom. The Bertz CT molecular complexity index is 462. The summed E-state index contributed by atoms with van der Waals surface area (Å²) in [6.45, 7) is 7.64. The minimum absolute atomic E-state index is 0.140. The molecule has 0 bridgehead atoms. The van der Waals surface area contributed by atoms with Crippen LogP contribution in [-0.2, 0) is 11.2 Å². The van der Waals surface area contributed by atoms with Gasteiger partial charge in [0, 0.05) is 13.1 Å². The van der Waals surface area contributed by atoms with Gasteiger partial charge >= 0.3 is 0 Å². The smallest absolute Gasteiger partial charge is 0.227 e. The summed E-state index contributed by atoms with van der Waals surface area (Å²) < 4.78 is 0. The maximum Gasteiger partial charge on any atom is 0.227 e. The van der Waals surface area contributed by atoms with Crippen LogP contribution in [0.4, 0.5) is 0 Å². The van der Waals surface area contributed by atoms with Crippen molar-refractivity contribution in [2.45, 2.75) is 39.2 Å². The molecule has 0 atom stereocenters. The van der Waals surface area contributed by atoms with Gasteiger partial charge in [0.05, 0.1) is 12.0 Å². The maximum absolute atomic E-state index is 12.1. The third kappa shape index (κ3) is 2.56. The molecule has 0 saturated carbocycles. The molecule has 1 aliphatic heterocycles. The molecule has 18 heavy (non-hydrogen) atoms. The van der Waals surface area contributed by atoms with Crippen molar-refractivity contribution in [1.82, 2.24) is 4.90 Å². The lowest BCUT2D eigenvalue weighted by Gasteiger charge is -2.47. The van der Waals surface area contributed by atoms with Crippen LogP contribution in [0.1, 0.15) is 30.0 Å². The van der Waals surface area contributed by atoms with Crippen LogP contribution in [-0.4, -0.2) is 29.4 Å². The van der Waals surface area contributed by atoms with Gasteiger partial charge in [-0.25, -0.2) is 0 Å². The molecule has 0 spiro atoms. The molecule has 1 aromatic rings. The first kappa shape index (κ1) is 13.1. The van der Waals surface area contributed by atoms with Gasteiger partial charge in [0.2, 0.25) is 5.91 Å². The van der Waals surface area contributed by atoms with Crippen molar-refractivity contribution in [2.24, 2.45) is 5.73 Å². The zero-order valence-corrected chi connectivity index (χ0v) is 11.5. The topological polar surface area (TPSA) is 46.3 Å². The van der Waals surface area contributed by atoms with Crippen molar-refractivity contribution in [3.8, 4) is 0 Å². The molecule has 3 nitrogen and oxygen atoms in total. The third-order valence-electron chi connectivity index (χ3n) is 4.00. The number of hydrogen-bond donors (Lipinski definition) is 1. The molecular weight excluding hydrogens is 224 g/mol. The number of aryl methyl sites for hydroxylation is 2. The second kappa shape index (κ2) is 4.73. The van der Waals surface area contributed by atoms with Gasteiger partial charge in [-0.3, -0.25) is 4.79 Å². The predicted octanol–water partition coefficient (Wildman–Crippen LogP) is 1.80. The van der Waals surface area contributed by atoms with Crippen LogP contribution >= 0.6 is 0 Å². The largest absolute Gasteiger partial charge is 0.339 e.